The first kappa shape index (κ1) is 14.2. The molecule has 0 radical (unpaired) electrons. The molecular formula is C12H20N2O2S2. The zero-order valence-electron chi connectivity index (χ0n) is 11.0. The van der Waals surface area contributed by atoms with Gasteiger partial charge in [-0.05, 0) is 6.42 Å². The van der Waals surface area contributed by atoms with E-state index < -0.39 is 6.10 Å². The molecule has 2 rings (SSSR count). The summed E-state index contributed by atoms with van der Waals surface area (Å²) in [7, 11) is 0. The molecule has 0 amide bonds. The summed E-state index contributed by atoms with van der Waals surface area (Å²) in [5.41, 5.74) is 0. The van der Waals surface area contributed by atoms with Gasteiger partial charge in [-0.2, -0.15) is 16.7 Å². The third kappa shape index (κ3) is 3.03. The molecule has 0 aliphatic carbocycles. The number of aliphatic hydroxyl groups excluding tert-OH is 1. The first-order chi connectivity index (χ1) is 8.63. The Balaban J connectivity index is 2.09. The Morgan fingerprint density at radius 2 is 2.17 bits per heavy atom. The molecule has 1 aliphatic rings. The number of rotatable bonds is 4. The summed E-state index contributed by atoms with van der Waals surface area (Å²) < 4.78 is 5.31. The van der Waals surface area contributed by atoms with Crippen LogP contribution in [0.4, 0.5) is 0 Å². The van der Waals surface area contributed by atoms with Gasteiger partial charge in [0.2, 0.25) is 5.89 Å². The molecular weight excluding hydrogens is 268 g/mol. The number of nitrogens with zero attached hydrogens (tertiary/aromatic N) is 2. The number of aromatic nitrogens is 2. The van der Waals surface area contributed by atoms with Gasteiger partial charge in [-0.3, -0.25) is 0 Å². The summed E-state index contributed by atoms with van der Waals surface area (Å²) in [6, 6.07) is 0. The maximum absolute atomic E-state index is 9.81. The summed E-state index contributed by atoms with van der Waals surface area (Å²) in [5.74, 6) is 3.58. The molecule has 1 N–H and O–H groups in total. The van der Waals surface area contributed by atoms with Crippen LogP contribution in [0.5, 0.6) is 0 Å². The second-order valence-electron chi connectivity index (χ2n) is 4.62. The molecule has 102 valence electrons. The smallest absolute Gasteiger partial charge is 0.232 e. The van der Waals surface area contributed by atoms with Crippen LogP contribution in [0.25, 0.3) is 0 Å². The van der Waals surface area contributed by atoms with E-state index in [2.05, 4.69) is 17.1 Å². The number of aliphatic hydroxyl groups is 1. The van der Waals surface area contributed by atoms with Gasteiger partial charge in [0.25, 0.3) is 0 Å². The summed E-state index contributed by atoms with van der Waals surface area (Å²) in [6.07, 6.45) is 0.285. The van der Waals surface area contributed by atoms with Crippen LogP contribution >= 0.6 is 23.5 Å². The van der Waals surface area contributed by atoms with E-state index in [1.165, 1.54) is 5.75 Å². The Bertz CT molecular complexity index is 386. The molecule has 0 spiro atoms. The van der Waals surface area contributed by atoms with Gasteiger partial charge in [-0.1, -0.05) is 25.9 Å². The third-order valence-corrected chi connectivity index (χ3v) is 6.37. The SMILES string of the molecule is CCC(O)C(C)c1nc(C2SCCSC2C)no1. The van der Waals surface area contributed by atoms with Crippen LogP contribution in [0.15, 0.2) is 4.52 Å². The van der Waals surface area contributed by atoms with E-state index in [-0.39, 0.29) is 5.92 Å². The molecule has 4 nitrogen and oxygen atoms in total. The average molecular weight is 288 g/mol. The van der Waals surface area contributed by atoms with Crippen molar-refractivity contribution in [1.29, 1.82) is 0 Å². The Morgan fingerprint density at radius 3 is 2.83 bits per heavy atom. The fourth-order valence-corrected chi connectivity index (χ4v) is 4.66. The van der Waals surface area contributed by atoms with Crippen LogP contribution in [0.3, 0.4) is 0 Å². The predicted molar refractivity (Wildman–Crippen MR) is 76.1 cm³/mol. The highest BCUT2D eigenvalue weighted by Crippen LogP contribution is 2.41. The fraction of sp³-hybridized carbons (Fsp3) is 0.833. The minimum atomic E-state index is -0.413. The number of hydrogen-bond acceptors (Lipinski definition) is 6. The Hall–Kier alpha value is -0.200. The van der Waals surface area contributed by atoms with E-state index >= 15 is 0 Å². The molecule has 6 heteroatoms. The molecule has 1 aliphatic heterocycles. The second kappa shape index (κ2) is 6.30. The normalized spacial score (nSPS) is 28.0. The molecule has 1 saturated heterocycles. The average Bonchev–Trinajstić information content (AvgIpc) is 2.87. The van der Waals surface area contributed by atoms with Crippen molar-refractivity contribution in [3.8, 4) is 0 Å². The Labute approximate surface area is 116 Å². The van der Waals surface area contributed by atoms with Gasteiger partial charge in [0.15, 0.2) is 5.82 Å². The molecule has 2 heterocycles. The Morgan fingerprint density at radius 1 is 1.44 bits per heavy atom. The first-order valence-corrected chi connectivity index (χ1v) is 8.48. The van der Waals surface area contributed by atoms with Crippen LogP contribution in [0.1, 0.15) is 50.1 Å². The Kier molecular flexibility index (Phi) is 4.98. The quantitative estimate of drug-likeness (QED) is 0.919. The highest BCUT2D eigenvalue weighted by molar-refractivity contribution is 8.06. The lowest BCUT2D eigenvalue weighted by molar-refractivity contribution is 0.129. The van der Waals surface area contributed by atoms with Crippen LogP contribution in [0, 0.1) is 0 Å². The summed E-state index contributed by atoms with van der Waals surface area (Å²) in [5, 5.41) is 14.7. The van der Waals surface area contributed by atoms with Crippen LogP contribution in [-0.4, -0.2) is 38.1 Å². The van der Waals surface area contributed by atoms with E-state index in [4.69, 9.17) is 4.52 Å². The largest absolute Gasteiger partial charge is 0.392 e. The lowest BCUT2D eigenvalue weighted by Crippen LogP contribution is -2.18. The molecule has 1 aromatic heterocycles. The molecule has 4 atom stereocenters. The molecule has 1 fully saturated rings. The lowest BCUT2D eigenvalue weighted by Gasteiger charge is -2.24. The van der Waals surface area contributed by atoms with E-state index in [0.29, 0.717) is 22.8 Å². The third-order valence-electron chi connectivity index (χ3n) is 3.28. The second-order valence-corrected chi connectivity index (χ2v) is 7.36. The van der Waals surface area contributed by atoms with E-state index in [9.17, 15) is 5.11 Å². The van der Waals surface area contributed by atoms with Crippen molar-refractivity contribution in [1.82, 2.24) is 10.1 Å². The van der Waals surface area contributed by atoms with Crippen LogP contribution in [0.2, 0.25) is 0 Å². The zero-order chi connectivity index (χ0) is 13.1. The van der Waals surface area contributed by atoms with E-state index in [0.717, 1.165) is 11.6 Å². The van der Waals surface area contributed by atoms with Gasteiger partial charge < -0.3 is 9.63 Å². The molecule has 4 unspecified atom stereocenters. The summed E-state index contributed by atoms with van der Waals surface area (Å²) in [4.78, 5) is 4.48. The summed E-state index contributed by atoms with van der Waals surface area (Å²) in [6.45, 7) is 6.09. The first-order valence-electron chi connectivity index (χ1n) is 6.38. The van der Waals surface area contributed by atoms with Gasteiger partial charge in [-0.15, -0.1) is 11.8 Å². The van der Waals surface area contributed by atoms with Gasteiger partial charge in [0.05, 0.1) is 17.3 Å². The van der Waals surface area contributed by atoms with Crippen molar-refractivity contribution in [2.75, 3.05) is 11.5 Å². The van der Waals surface area contributed by atoms with Gasteiger partial charge >= 0.3 is 0 Å². The van der Waals surface area contributed by atoms with Crippen LogP contribution in [-0.2, 0) is 0 Å². The van der Waals surface area contributed by atoms with Crippen LogP contribution < -0.4 is 0 Å². The monoisotopic (exact) mass is 288 g/mol. The van der Waals surface area contributed by atoms with Crippen molar-refractivity contribution >= 4 is 23.5 Å². The maximum Gasteiger partial charge on any atom is 0.232 e. The van der Waals surface area contributed by atoms with Crippen molar-refractivity contribution in [2.24, 2.45) is 0 Å². The van der Waals surface area contributed by atoms with Crippen molar-refractivity contribution < 1.29 is 9.63 Å². The lowest BCUT2D eigenvalue weighted by atomic mass is 10.0. The molecule has 18 heavy (non-hydrogen) atoms. The van der Waals surface area contributed by atoms with E-state index in [1.54, 1.807) is 0 Å². The summed E-state index contributed by atoms with van der Waals surface area (Å²) >= 11 is 3.85. The van der Waals surface area contributed by atoms with Gasteiger partial charge in [0, 0.05) is 16.8 Å². The molecule has 0 aromatic carbocycles. The minimum Gasteiger partial charge on any atom is -0.392 e. The minimum absolute atomic E-state index is 0.0900. The van der Waals surface area contributed by atoms with Crippen molar-refractivity contribution in [3.63, 3.8) is 0 Å². The number of hydrogen-bond donors (Lipinski definition) is 1. The van der Waals surface area contributed by atoms with E-state index in [1.807, 2.05) is 37.4 Å². The molecule has 0 bridgehead atoms. The van der Waals surface area contributed by atoms with Gasteiger partial charge in [0.1, 0.15) is 0 Å². The predicted octanol–water partition coefficient (Wildman–Crippen LogP) is 2.85. The van der Waals surface area contributed by atoms with Gasteiger partial charge in [-0.25, -0.2) is 0 Å². The fourth-order valence-electron chi connectivity index (χ4n) is 1.98. The number of thioether (sulfide) groups is 2. The topological polar surface area (TPSA) is 59.2 Å². The van der Waals surface area contributed by atoms with Crippen molar-refractivity contribution in [2.45, 2.75) is 49.7 Å². The molecule has 1 aromatic rings. The molecule has 0 saturated carbocycles. The standard InChI is InChI=1S/C12H20N2O2S2/c1-4-9(15)7(2)12-13-11(14-16-12)10-8(3)17-5-6-18-10/h7-10,15H,4-6H2,1-3H3. The van der Waals surface area contributed by atoms with Crippen molar-refractivity contribution in [3.05, 3.63) is 11.7 Å². The highest BCUT2D eigenvalue weighted by atomic mass is 32.2. The zero-order valence-corrected chi connectivity index (χ0v) is 12.6. The maximum atomic E-state index is 9.81. The highest BCUT2D eigenvalue weighted by Gasteiger charge is 2.30.